The van der Waals surface area contributed by atoms with Gasteiger partial charge in [0, 0.05) is 34.4 Å². The molecule has 8 nitrogen and oxygen atoms in total. The van der Waals surface area contributed by atoms with Crippen molar-refractivity contribution in [3.63, 3.8) is 0 Å². The number of carbonyl (C=O) groups excluding carboxylic acids is 1. The lowest BCUT2D eigenvalue weighted by Gasteiger charge is -2.40. The number of methoxy groups -OCH3 is 1. The smallest absolute Gasteiger partial charge is 0.257 e. The van der Waals surface area contributed by atoms with Crippen LogP contribution >= 0.6 is 23.2 Å². The molecule has 2 N–H and O–H groups in total. The van der Waals surface area contributed by atoms with E-state index in [1.54, 1.807) is 24.3 Å². The lowest BCUT2D eigenvalue weighted by molar-refractivity contribution is -0.130. The molecule has 1 fully saturated rings. The van der Waals surface area contributed by atoms with Crippen molar-refractivity contribution in [3.8, 4) is 0 Å². The third kappa shape index (κ3) is 5.82. The summed E-state index contributed by atoms with van der Waals surface area (Å²) in [6.07, 6.45) is 2.39. The summed E-state index contributed by atoms with van der Waals surface area (Å²) < 4.78 is 53.8. The van der Waals surface area contributed by atoms with Crippen LogP contribution in [0.3, 0.4) is 0 Å². The number of nitrogens with zero attached hydrogens (tertiary/aromatic N) is 1. The fourth-order valence-corrected chi connectivity index (χ4v) is 6.88. The monoisotopic (exact) mass is 651 g/mol. The summed E-state index contributed by atoms with van der Waals surface area (Å²) in [6.45, 7) is 0.801. The molecule has 43 heavy (non-hydrogen) atoms. The minimum atomic E-state index is -3.79. The van der Waals surface area contributed by atoms with Crippen LogP contribution in [0.5, 0.6) is 0 Å². The Morgan fingerprint density at radius 1 is 1.07 bits per heavy atom. The molecule has 0 spiro atoms. The van der Waals surface area contributed by atoms with Crippen molar-refractivity contribution in [3.05, 3.63) is 98.3 Å². The topological polar surface area (TPSA) is 113 Å². The van der Waals surface area contributed by atoms with E-state index in [0.29, 0.717) is 23.4 Å². The zero-order valence-electron chi connectivity index (χ0n) is 23.9. The summed E-state index contributed by atoms with van der Waals surface area (Å²) >= 11 is 12.4. The highest BCUT2D eigenvalue weighted by molar-refractivity contribution is 7.90. The van der Waals surface area contributed by atoms with Gasteiger partial charge in [0.1, 0.15) is 11.4 Å². The average molecular weight is 653 g/mol. The van der Waals surface area contributed by atoms with Gasteiger partial charge in [-0.1, -0.05) is 41.4 Å². The van der Waals surface area contributed by atoms with Gasteiger partial charge in [-0.25, -0.2) is 12.8 Å². The molecule has 3 aromatic carbocycles. The maximum atomic E-state index is 16.5. The van der Waals surface area contributed by atoms with Crippen LogP contribution < -0.4 is 0 Å². The maximum absolute atomic E-state index is 16.5. The van der Waals surface area contributed by atoms with Crippen LogP contribution in [0, 0.1) is 11.2 Å². The van der Waals surface area contributed by atoms with E-state index in [0.717, 1.165) is 12.3 Å². The maximum Gasteiger partial charge on any atom is 0.257 e. The van der Waals surface area contributed by atoms with Gasteiger partial charge >= 0.3 is 0 Å². The molecule has 12 heteroatoms. The Morgan fingerprint density at radius 3 is 2.30 bits per heavy atom. The van der Waals surface area contributed by atoms with Crippen molar-refractivity contribution in [1.82, 2.24) is 4.90 Å². The van der Waals surface area contributed by atoms with Crippen molar-refractivity contribution in [2.75, 3.05) is 33.2 Å². The predicted molar refractivity (Wildman–Crippen MR) is 159 cm³/mol. The van der Waals surface area contributed by atoms with Gasteiger partial charge < -0.3 is 19.7 Å². The molecule has 5 rings (SSSR count). The van der Waals surface area contributed by atoms with E-state index in [9.17, 15) is 23.4 Å². The van der Waals surface area contributed by atoms with E-state index < -0.39 is 38.3 Å². The highest BCUT2D eigenvalue weighted by Gasteiger charge is 2.56. The van der Waals surface area contributed by atoms with E-state index in [2.05, 4.69) is 0 Å². The zero-order chi connectivity index (χ0) is 31.4. The fraction of sp³-hybridized carbons (Fsp3) is 0.387. The van der Waals surface area contributed by atoms with Crippen LogP contribution in [0.4, 0.5) is 4.39 Å². The second-order valence-electron chi connectivity index (χ2n) is 11.6. The third-order valence-electron chi connectivity index (χ3n) is 8.20. The van der Waals surface area contributed by atoms with Gasteiger partial charge in [-0.2, -0.15) is 0 Å². The first-order valence-corrected chi connectivity index (χ1v) is 16.2. The Morgan fingerprint density at radius 2 is 1.72 bits per heavy atom. The first-order valence-electron chi connectivity index (χ1n) is 13.5. The molecule has 0 unspecified atom stereocenters. The number of carbonyl (C=O) groups is 1. The number of hydrogen-bond acceptors (Lipinski definition) is 7. The lowest BCUT2D eigenvalue weighted by Crippen LogP contribution is -2.48. The summed E-state index contributed by atoms with van der Waals surface area (Å²) in [6, 6.07) is 13.3. The van der Waals surface area contributed by atoms with Crippen LogP contribution in [0.2, 0.25) is 10.0 Å². The molecule has 3 aromatic rings. The number of benzene rings is 3. The standard InChI is InChI=1S/C31H32Cl2FNO7S/c1-29(38,17-41-2)21-12-24-27(25(34)13-21)31(20-5-8-22(32)9-6-20,42-18-30(16-36)10-11-30)35(28(24)37)15-19-4-7-23(33)14-26(19)43(3,39)40/h4-9,12-14,36,38H,10-11,15-18H2,1-3H3/t29-,31+/m0/s1. The van der Waals surface area contributed by atoms with Gasteiger partial charge in [0.15, 0.2) is 15.6 Å². The van der Waals surface area contributed by atoms with Crippen LogP contribution in [0.15, 0.2) is 59.5 Å². The van der Waals surface area contributed by atoms with E-state index in [-0.39, 0.29) is 58.5 Å². The zero-order valence-corrected chi connectivity index (χ0v) is 26.2. The van der Waals surface area contributed by atoms with Crippen LogP contribution in [-0.4, -0.2) is 62.6 Å². The molecule has 0 radical (unpaired) electrons. The normalized spacial score (nSPS) is 20.7. The molecule has 1 saturated carbocycles. The second-order valence-corrected chi connectivity index (χ2v) is 14.5. The van der Waals surface area contributed by atoms with Crippen LogP contribution in [-0.2, 0) is 37.2 Å². The molecule has 230 valence electrons. The first-order chi connectivity index (χ1) is 20.2. The van der Waals surface area contributed by atoms with Crippen molar-refractivity contribution in [2.45, 2.75) is 42.5 Å². The number of fused-ring (bicyclic) bond motifs is 1. The van der Waals surface area contributed by atoms with Gasteiger partial charge in [0.25, 0.3) is 5.91 Å². The Balaban J connectivity index is 1.78. The predicted octanol–water partition coefficient (Wildman–Crippen LogP) is 5.04. The largest absolute Gasteiger partial charge is 0.396 e. The number of ether oxygens (including phenoxy) is 2. The summed E-state index contributed by atoms with van der Waals surface area (Å²) in [5.74, 6) is -1.47. The van der Waals surface area contributed by atoms with Gasteiger partial charge in [-0.05, 0) is 67.3 Å². The van der Waals surface area contributed by atoms with Crippen LogP contribution in [0.25, 0.3) is 0 Å². The molecular weight excluding hydrogens is 620 g/mol. The summed E-state index contributed by atoms with van der Waals surface area (Å²) in [5.41, 5.74) is -3.52. The average Bonchev–Trinajstić information content (AvgIpc) is 3.69. The fourth-order valence-electron chi connectivity index (χ4n) is 5.57. The van der Waals surface area contributed by atoms with E-state index in [1.807, 2.05) is 0 Å². The molecule has 2 atom stereocenters. The number of halogens is 3. The Bertz CT molecular complexity index is 1680. The molecular formula is C31H32Cl2FNO7S. The molecule has 0 saturated heterocycles. The highest BCUT2D eigenvalue weighted by Crippen LogP contribution is 2.52. The molecule has 0 aromatic heterocycles. The van der Waals surface area contributed by atoms with Gasteiger partial charge in [0.05, 0.1) is 42.4 Å². The Hall–Kier alpha value is -2.57. The summed E-state index contributed by atoms with van der Waals surface area (Å²) in [7, 11) is -2.40. The molecule has 1 aliphatic heterocycles. The Kier molecular flexibility index (Phi) is 8.45. The van der Waals surface area contributed by atoms with Gasteiger partial charge in [0.2, 0.25) is 0 Å². The minimum absolute atomic E-state index is 0.0164. The van der Waals surface area contributed by atoms with E-state index >= 15 is 4.39 Å². The molecule has 1 aliphatic carbocycles. The van der Waals surface area contributed by atoms with E-state index in [4.69, 9.17) is 32.7 Å². The lowest BCUT2D eigenvalue weighted by atomic mass is 9.88. The molecule has 1 heterocycles. The summed E-state index contributed by atoms with van der Waals surface area (Å²) in [4.78, 5) is 15.6. The number of hydrogen-bond donors (Lipinski definition) is 2. The van der Waals surface area contributed by atoms with Gasteiger partial charge in [-0.15, -0.1) is 0 Å². The SMILES string of the molecule is COC[C@](C)(O)c1cc(F)c2c(c1)C(=O)N(Cc1ccc(Cl)cc1S(C)(=O)=O)[C@@]2(OCC1(CO)CC1)c1ccc(Cl)cc1. The number of sulfone groups is 1. The molecule has 1 amide bonds. The minimum Gasteiger partial charge on any atom is -0.396 e. The van der Waals surface area contributed by atoms with Crippen LogP contribution in [0.1, 0.15) is 52.4 Å². The van der Waals surface area contributed by atoms with Crippen molar-refractivity contribution < 1.29 is 37.3 Å². The third-order valence-corrected chi connectivity index (χ3v) is 9.87. The van der Waals surface area contributed by atoms with Crippen molar-refractivity contribution >= 4 is 38.9 Å². The number of amides is 1. The summed E-state index contributed by atoms with van der Waals surface area (Å²) in [5, 5.41) is 21.7. The molecule has 2 aliphatic rings. The quantitative estimate of drug-likeness (QED) is 0.299. The molecule has 0 bridgehead atoms. The van der Waals surface area contributed by atoms with Crippen molar-refractivity contribution in [2.24, 2.45) is 5.41 Å². The number of rotatable bonds is 11. The van der Waals surface area contributed by atoms with E-state index in [1.165, 1.54) is 43.2 Å². The second kappa shape index (κ2) is 11.4. The first kappa shape index (κ1) is 31.8. The highest BCUT2D eigenvalue weighted by atomic mass is 35.5. The number of aliphatic hydroxyl groups excluding tert-OH is 1. The Labute approximate surface area is 259 Å². The van der Waals surface area contributed by atoms with Gasteiger partial charge in [-0.3, -0.25) is 9.69 Å². The van der Waals surface area contributed by atoms with Crippen molar-refractivity contribution in [1.29, 1.82) is 0 Å². The number of aliphatic hydroxyl groups is 2.